The number of anilines is 1. The van der Waals surface area contributed by atoms with Crippen molar-refractivity contribution in [1.29, 1.82) is 0 Å². The second-order valence-electron chi connectivity index (χ2n) is 3.97. The van der Waals surface area contributed by atoms with Gasteiger partial charge in [0, 0.05) is 23.5 Å². The lowest BCUT2D eigenvalue weighted by Gasteiger charge is -2.01. The molecule has 0 aliphatic rings. The third-order valence-corrected chi connectivity index (χ3v) is 3.61. The number of amides is 1. The Hall–Kier alpha value is -1.92. The van der Waals surface area contributed by atoms with Gasteiger partial charge in [-0.05, 0) is 19.1 Å². The summed E-state index contributed by atoms with van der Waals surface area (Å²) in [6, 6.07) is 3.31. The van der Waals surface area contributed by atoms with E-state index in [1.807, 2.05) is 17.5 Å². The zero-order valence-electron chi connectivity index (χ0n) is 9.92. The fourth-order valence-electron chi connectivity index (χ4n) is 1.65. The van der Waals surface area contributed by atoms with Crippen molar-refractivity contribution in [3.63, 3.8) is 0 Å². The van der Waals surface area contributed by atoms with Gasteiger partial charge >= 0.3 is 0 Å². The van der Waals surface area contributed by atoms with Crippen LogP contribution in [0.1, 0.15) is 15.4 Å². The molecule has 19 heavy (non-hydrogen) atoms. The molecule has 3 rings (SSSR count). The first-order valence-electron chi connectivity index (χ1n) is 5.50. The normalized spacial score (nSPS) is 10.8. The Kier molecular flexibility index (Phi) is 2.96. The van der Waals surface area contributed by atoms with Crippen molar-refractivity contribution >= 4 is 39.6 Å². The van der Waals surface area contributed by atoms with Gasteiger partial charge in [-0.15, -0.1) is 11.3 Å². The van der Waals surface area contributed by atoms with E-state index in [2.05, 4.69) is 15.3 Å². The average molecular weight is 293 g/mol. The molecular weight excluding hydrogens is 284 g/mol. The molecule has 0 atom stereocenters. The molecule has 96 valence electrons. The molecule has 0 fully saturated rings. The van der Waals surface area contributed by atoms with Gasteiger partial charge in [0.05, 0.1) is 5.02 Å². The lowest BCUT2D eigenvalue weighted by Crippen LogP contribution is -2.13. The largest absolute Gasteiger partial charge is 0.305 e. The number of hydrogen-bond donors (Lipinski definition) is 1. The van der Waals surface area contributed by atoms with Crippen molar-refractivity contribution in [3.05, 3.63) is 46.3 Å². The van der Waals surface area contributed by atoms with Crippen LogP contribution in [0.4, 0.5) is 5.82 Å². The van der Waals surface area contributed by atoms with Gasteiger partial charge in [-0.25, -0.2) is 9.97 Å². The van der Waals surface area contributed by atoms with E-state index in [4.69, 9.17) is 11.6 Å². The van der Waals surface area contributed by atoms with Crippen LogP contribution in [0.15, 0.2) is 30.7 Å². The van der Waals surface area contributed by atoms with Gasteiger partial charge in [-0.1, -0.05) is 11.6 Å². The number of fused-ring (bicyclic) bond motifs is 1. The third-order valence-electron chi connectivity index (χ3n) is 2.47. The van der Waals surface area contributed by atoms with E-state index in [9.17, 15) is 4.79 Å². The first kappa shape index (κ1) is 12.1. The SMILES string of the molecule is Cc1cn2cc(C(=O)Nc3ccc(Cl)cn3)nc2s1. The maximum atomic E-state index is 12.0. The fraction of sp³-hybridized carbons (Fsp3) is 0.0833. The van der Waals surface area contributed by atoms with E-state index in [-0.39, 0.29) is 5.91 Å². The van der Waals surface area contributed by atoms with Crippen molar-refractivity contribution in [2.24, 2.45) is 0 Å². The first-order chi connectivity index (χ1) is 9.11. The lowest BCUT2D eigenvalue weighted by atomic mass is 10.4. The highest BCUT2D eigenvalue weighted by Gasteiger charge is 2.12. The molecule has 7 heteroatoms. The molecular formula is C12H9ClN4OS. The number of nitrogens with zero attached hydrogens (tertiary/aromatic N) is 3. The molecule has 1 N–H and O–H groups in total. The number of imidazole rings is 1. The van der Waals surface area contributed by atoms with Crippen LogP contribution in [-0.2, 0) is 0 Å². The minimum absolute atomic E-state index is 0.289. The van der Waals surface area contributed by atoms with Crippen LogP contribution in [0.2, 0.25) is 5.02 Å². The van der Waals surface area contributed by atoms with E-state index in [1.54, 1.807) is 18.3 Å². The number of halogens is 1. The Morgan fingerprint density at radius 3 is 2.95 bits per heavy atom. The highest BCUT2D eigenvalue weighted by molar-refractivity contribution is 7.17. The number of aryl methyl sites for hydroxylation is 1. The Bertz CT molecular complexity index is 715. The smallest absolute Gasteiger partial charge is 0.277 e. The first-order valence-corrected chi connectivity index (χ1v) is 6.69. The second-order valence-corrected chi connectivity index (χ2v) is 5.62. The maximum absolute atomic E-state index is 12.0. The van der Waals surface area contributed by atoms with Crippen LogP contribution in [0.3, 0.4) is 0 Å². The molecule has 5 nitrogen and oxygen atoms in total. The van der Waals surface area contributed by atoms with Crippen molar-refractivity contribution in [2.75, 3.05) is 5.32 Å². The average Bonchev–Trinajstić information content (AvgIpc) is 2.89. The number of carbonyl (C=O) groups excluding carboxylic acids is 1. The minimum Gasteiger partial charge on any atom is -0.305 e. The fourth-order valence-corrected chi connectivity index (χ4v) is 2.57. The molecule has 0 saturated heterocycles. The molecule has 3 aromatic rings. The number of rotatable bonds is 2. The van der Waals surface area contributed by atoms with E-state index in [0.717, 1.165) is 9.84 Å². The Labute approximate surface area is 117 Å². The minimum atomic E-state index is -0.289. The topological polar surface area (TPSA) is 59.3 Å². The zero-order chi connectivity index (χ0) is 13.4. The molecule has 0 spiro atoms. The van der Waals surface area contributed by atoms with Gasteiger partial charge in [0.25, 0.3) is 5.91 Å². The lowest BCUT2D eigenvalue weighted by molar-refractivity contribution is 0.102. The Morgan fingerprint density at radius 1 is 1.42 bits per heavy atom. The summed E-state index contributed by atoms with van der Waals surface area (Å²) in [4.78, 5) is 22.2. The highest BCUT2D eigenvalue weighted by atomic mass is 35.5. The Morgan fingerprint density at radius 2 is 2.26 bits per heavy atom. The summed E-state index contributed by atoms with van der Waals surface area (Å²) < 4.78 is 1.84. The summed E-state index contributed by atoms with van der Waals surface area (Å²) >= 11 is 7.27. The van der Waals surface area contributed by atoms with Crippen molar-refractivity contribution in [3.8, 4) is 0 Å². The van der Waals surface area contributed by atoms with Crippen molar-refractivity contribution in [2.45, 2.75) is 6.92 Å². The molecule has 0 aliphatic carbocycles. The van der Waals surface area contributed by atoms with Crippen LogP contribution in [-0.4, -0.2) is 20.3 Å². The molecule has 3 heterocycles. The van der Waals surface area contributed by atoms with E-state index in [1.165, 1.54) is 17.5 Å². The van der Waals surface area contributed by atoms with Gasteiger partial charge in [-0.2, -0.15) is 0 Å². The molecule has 1 amide bonds. The molecule has 0 radical (unpaired) electrons. The highest BCUT2D eigenvalue weighted by Crippen LogP contribution is 2.17. The predicted octanol–water partition coefficient (Wildman–Crippen LogP) is 3.00. The number of aromatic nitrogens is 3. The van der Waals surface area contributed by atoms with Crippen molar-refractivity contribution < 1.29 is 4.79 Å². The summed E-state index contributed by atoms with van der Waals surface area (Å²) in [5.41, 5.74) is 0.364. The van der Waals surface area contributed by atoms with Crippen LogP contribution >= 0.6 is 22.9 Å². The molecule has 0 aliphatic heterocycles. The summed E-state index contributed by atoms with van der Waals surface area (Å²) in [5, 5.41) is 3.19. The number of hydrogen-bond acceptors (Lipinski definition) is 4. The van der Waals surface area contributed by atoms with Crippen LogP contribution in [0, 0.1) is 6.92 Å². The van der Waals surface area contributed by atoms with Gasteiger partial charge in [0.15, 0.2) is 4.96 Å². The van der Waals surface area contributed by atoms with Crippen LogP contribution < -0.4 is 5.32 Å². The molecule has 0 bridgehead atoms. The Balaban J connectivity index is 1.83. The predicted molar refractivity (Wildman–Crippen MR) is 75.0 cm³/mol. The van der Waals surface area contributed by atoms with Gasteiger partial charge in [0.1, 0.15) is 11.5 Å². The van der Waals surface area contributed by atoms with Crippen LogP contribution in [0.25, 0.3) is 4.96 Å². The van der Waals surface area contributed by atoms with E-state index < -0.39 is 0 Å². The van der Waals surface area contributed by atoms with Gasteiger partial charge in [-0.3, -0.25) is 9.20 Å². The number of thiazole rings is 1. The second kappa shape index (κ2) is 4.64. The summed E-state index contributed by atoms with van der Waals surface area (Å²) in [5.74, 6) is 0.158. The number of pyridine rings is 1. The molecule has 0 unspecified atom stereocenters. The number of nitrogens with one attached hydrogen (secondary N) is 1. The maximum Gasteiger partial charge on any atom is 0.277 e. The monoisotopic (exact) mass is 292 g/mol. The third kappa shape index (κ3) is 2.45. The zero-order valence-corrected chi connectivity index (χ0v) is 11.5. The summed E-state index contributed by atoms with van der Waals surface area (Å²) in [6.07, 6.45) is 5.11. The van der Waals surface area contributed by atoms with Gasteiger partial charge < -0.3 is 5.32 Å². The van der Waals surface area contributed by atoms with E-state index in [0.29, 0.717) is 16.5 Å². The quantitative estimate of drug-likeness (QED) is 0.790. The van der Waals surface area contributed by atoms with Crippen LogP contribution in [0.5, 0.6) is 0 Å². The molecule has 0 aromatic carbocycles. The standard InChI is InChI=1S/C12H9ClN4OS/c1-7-5-17-6-9(15-12(17)19-7)11(18)16-10-3-2-8(13)4-14-10/h2-6H,1H3,(H,14,16,18). The summed E-state index contributed by atoms with van der Waals surface area (Å²) in [6.45, 7) is 2.00. The summed E-state index contributed by atoms with van der Waals surface area (Å²) in [7, 11) is 0. The van der Waals surface area contributed by atoms with E-state index >= 15 is 0 Å². The molecule has 0 saturated carbocycles. The van der Waals surface area contributed by atoms with Gasteiger partial charge in [0.2, 0.25) is 0 Å². The number of carbonyl (C=O) groups is 1. The van der Waals surface area contributed by atoms with Crippen molar-refractivity contribution in [1.82, 2.24) is 14.4 Å². The molecule has 3 aromatic heterocycles.